The number of benzene rings is 2. The molecule has 0 heterocycles. The first-order valence-electron chi connectivity index (χ1n) is 8.66. The number of nitrogens with zero attached hydrogens (tertiary/aromatic N) is 2. The Hall–Kier alpha value is -2.98. The SMILES string of the molecule is COc1cc(C(=O)NC[C@@H](c2ccccc2Cl)N(C)C)c([N+](=O)[O-])cc1OC(F)F. The zero-order chi connectivity index (χ0) is 22.4. The number of halogens is 3. The summed E-state index contributed by atoms with van der Waals surface area (Å²) in [5.74, 6) is -1.55. The van der Waals surface area contributed by atoms with Crippen LogP contribution in [0, 0.1) is 10.1 Å². The van der Waals surface area contributed by atoms with Crippen molar-refractivity contribution < 1.29 is 28.0 Å². The number of ether oxygens (including phenoxy) is 2. The Bertz CT molecular complexity index is 927. The molecule has 0 spiro atoms. The van der Waals surface area contributed by atoms with Gasteiger partial charge in [-0.2, -0.15) is 8.78 Å². The van der Waals surface area contributed by atoms with Crippen LogP contribution < -0.4 is 14.8 Å². The predicted molar refractivity (Wildman–Crippen MR) is 106 cm³/mol. The van der Waals surface area contributed by atoms with Crippen LogP contribution in [0.3, 0.4) is 0 Å². The fraction of sp³-hybridized carbons (Fsp3) is 0.316. The molecule has 0 aliphatic carbocycles. The fourth-order valence-electron chi connectivity index (χ4n) is 2.83. The van der Waals surface area contributed by atoms with Crippen molar-refractivity contribution in [3.63, 3.8) is 0 Å². The molecule has 0 fully saturated rings. The average Bonchev–Trinajstić information content (AvgIpc) is 2.68. The van der Waals surface area contributed by atoms with Crippen molar-refractivity contribution in [3.8, 4) is 11.5 Å². The maximum Gasteiger partial charge on any atom is 0.387 e. The standard InChI is InChI=1S/C19H20ClF2N3O5/c1-24(2)15(11-6-4-5-7-13(11)20)10-23-18(26)12-8-16(29-3)17(30-19(21)22)9-14(12)25(27)28/h4-9,15,19H,10H2,1-3H3,(H,23,26)/t15-/m0/s1. The highest BCUT2D eigenvalue weighted by Crippen LogP contribution is 2.36. The van der Waals surface area contributed by atoms with E-state index < -0.39 is 28.9 Å². The Kier molecular flexibility index (Phi) is 7.90. The fourth-order valence-corrected chi connectivity index (χ4v) is 3.09. The van der Waals surface area contributed by atoms with Crippen molar-refractivity contribution in [1.82, 2.24) is 10.2 Å². The Morgan fingerprint density at radius 3 is 2.47 bits per heavy atom. The van der Waals surface area contributed by atoms with Gasteiger partial charge in [0.25, 0.3) is 11.6 Å². The van der Waals surface area contributed by atoms with E-state index in [-0.39, 0.29) is 23.9 Å². The minimum Gasteiger partial charge on any atom is -0.493 e. The number of nitro benzene ring substituents is 1. The third-order valence-corrected chi connectivity index (χ3v) is 4.63. The highest BCUT2D eigenvalue weighted by molar-refractivity contribution is 6.31. The number of hydrogen-bond donors (Lipinski definition) is 1. The Labute approximate surface area is 176 Å². The second-order valence-electron chi connectivity index (χ2n) is 6.37. The highest BCUT2D eigenvalue weighted by atomic mass is 35.5. The summed E-state index contributed by atoms with van der Waals surface area (Å²) in [4.78, 5) is 25.1. The first-order valence-corrected chi connectivity index (χ1v) is 9.03. The largest absolute Gasteiger partial charge is 0.493 e. The molecule has 162 valence electrons. The van der Waals surface area contributed by atoms with Gasteiger partial charge >= 0.3 is 6.61 Å². The summed E-state index contributed by atoms with van der Waals surface area (Å²) in [6.45, 7) is -3.13. The number of alkyl halides is 2. The number of carbonyl (C=O) groups is 1. The van der Waals surface area contributed by atoms with Crippen LogP contribution in [0.1, 0.15) is 22.0 Å². The third kappa shape index (κ3) is 5.55. The van der Waals surface area contributed by atoms with E-state index in [9.17, 15) is 23.7 Å². The molecule has 0 bridgehead atoms. The molecule has 2 aromatic carbocycles. The Morgan fingerprint density at radius 2 is 1.93 bits per heavy atom. The van der Waals surface area contributed by atoms with E-state index in [0.29, 0.717) is 5.02 Å². The summed E-state index contributed by atoms with van der Waals surface area (Å²) in [6.07, 6.45) is 0. The molecule has 0 saturated heterocycles. The van der Waals surface area contributed by atoms with Crippen molar-refractivity contribution in [2.24, 2.45) is 0 Å². The molecule has 1 amide bonds. The van der Waals surface area contributed by atoms with Gasteiger partial charge in [0.2, 0.25) is 0 Å². The molecule has 8 nitrogen and oxygen atoms in total. The van der Waals surface area contributed by atoms with E-state index in [1.165, 1.54) is 7.11 Å². The van der Waals surface area contributed by atoms with Gasteiger partial charge in [-0.05, 0) is 25.7 Å². The maximum absolute atomic E-state index is 12.7. The molecule has 0 radical (unpaired) electrons. The van der Waals surface area contributed by atoms with Crippen molar-refractivity contribution in [3.05, 3.63) is 62.7 Å². The Morgan fingerprint density at radius 1 is 1.27 bits per heavy atom. The number of nitrogens with one attached hydrogen (secondary N) is 1. The monoisotopic (exact) mass is 443 g/mol. The molecule has 0 aliphatic heterocycles. The van der Waals surface area contributed by atoms with Crippen LogP contribution in [-0.4, -0.2) is 50.1 Å². The third-order valence-electron chi connectivity index (χ3n) is 4.28. The van der Waals surface area contributed by atoms with Gasteiger partial charge < -0.3 is 19.7 Å². The molecule has 0 saturated carbocycles. The van der Waals surface area contributed by atoms with Crippen LogP contribution >= 0.6 is 11.6 Å². The summed E-state index contributed by atoms with van der Waals surface area (Å²) in [5, 5.41) is 14.5. The van der Waals surface area contributed by atoms with E-state index in [1.807, 2.05) is 4.90 Å². The number of rotatable bonds is 9. The second kappa shape index (κ2) is 10.2. The van der Waals surface area contributed by atoms with Crippen LogP contribution in [0.5, 0.6) is 11.5 Å². The topological polar surface area (TPSA) is 93.9 Å². The van der Waals surface area contributed by atoms with Crippen LogP contribution in [0.4, 0.5) is 14.5 Å². The average molecular weight is 444 g/mol. The molecule has 0 aromatic heterocycles. The molecular weight excluding hydrogens is 424 g/mol. The quantitative estimate of drug-likeness (QED) is 0.466. The number of hydrogen-bond acceptors (Lipinski definition) is 6. The van der Waals surface area contributed by atoms with Gasteiger partial charge in [-0.3, -0.25) is 14.9 Å². The van der Waals surface area contributed by atoms with Crippen molar-refractivity contribution in [2.75, 3.05) is 27.7 Å². The molecule has 1 atom stereocenters. The van der Waals surface area contributed by atoms with Gasteiger partial charge in [0, 0.05) is 17.6 Å². The van der Waals surface area contributed by atoms with E-state index in [4.69, 9.17) is 16.3 Å². The number of likely N-dealkylation sites (N-methyl/N-ethyl adjacent to an activating group) is 1. The van der Waals surface area contributed by atoms with Gasteiger partial charge in [0.05, 0.1) is 24.1 Å². The first kappa shape index (κ1) is 23.3. The minimum absolute atomic E-state index is 0.0876. The minimum atomic E-state index is -3.21. The van der Waals surface area contributed by atoms with Gasteiger partial charge in [0.1, 0.15) is 5.56 Å². The Balaban J connectivity index is 2.33. The van der Waals surface area contributed by atoms with E-state index in [2.05, 4.69) is 10.1 Å². The van der Waals surface area contributed by atoms with Gasteiger partial charge in [0.15, 0.2) is 11.5 Å². The molecule has 1 N–H and O–H groups in total. The van der Waals surface area contributed by atoms with E-state index in [1.54, 1.807) is 38.4 Å². The first-order chi connectivity index (χ1) is 14.1. The number of methoxy groups -OCH3 is 1. The zero-order valence-corrected chi connectivity index (χ0v) is 17.2. The smallest absolute Gasteiger partial charge is 0.387 e. The lowest BCUT2D eigenvalue weighted by Gasteiger charge is -2.26. The van der Waals surface area contributed by atoms with Crippen LogP contribution in [0.15, 0.2) is 36.4 Å². The van der Waals surface area contributed by atoms with Crippen LogP contribution in [-0.2, 0) is 0 Å². The van der Waals surface area contributed by atoms with Crippen molar-refractivity contribution in [1.29, 1.82) is 0 Å². The molecule has 0 unspecified atom stereocenters. The lowest BCUT2D eigenvalue weighted by atomic mass is 10.1. The van der Waals surface area contributed by atoms with Gasteiger partial charge in [-0.25, -0.2) is 0 Å². The summed E-state index contributed by atoms with van der Waals surface area (Å²) >= 11 is 6.24. The molecule has 2 aromatic rings. The lowest BCUT2D eigenvalue weighted by molar-refractivity contribution is -0.385. The number of nitro groups is 1. The number of carbonyl (C=O) groups excluding carboxylic acids is 1. The highest BCUT2D eigenvalue weighted by Gasteiger charge is 2.27. The summed E-state index contributed by atoms with van der Waals surface area (Å²) in [6, 6.07) is 8.51. The van der Waals surface area contributed by atoms with Gasteiger partial charge in [-0.1, -0.05) is 29.8 Å². The zero-order valence-electron chi connectivity index (χ0n) is 16.4. The normalized spacial score (nSPS) is 12.0. The van der Waals surface area contributed by atoms with Crippen LogP contribution in [0.25, 0.3) is 0 Å². The predicted octanol–water partition coefficient (Wildman–Crippen LogP) is 3.89. The van der Waals surface area contributed by atoms with Gasteiger partial charge in [-0.15, -0.1) is 0 Å². The second-order valence-corrected chi connectivity index (χ2v) is 6.77. The summed E-state index contributed by atoms with van der Waals surface area (Å²) in [5.41, 5.74) is -0.282. The van der Waals surface area contributed by atoms with Crippen LogP contribution in [0.2, 0.25) is 5.02 Å². The van der Waals surface area contributed by atoms with E-state index >= 15 is 0 Å². The molecular formula is C19H20ClF2N3O5. The van der Waals surface area contributed by atoms with E-state index in [0.717, 1.165) is 17.7 Å². The molecule has 2 rings (SSSR count). The maximum atomic E-state index is 12.7. The van der Waals surface area contributed by atoms with Crippen molar-refractivity contribution in [2.45, 2.75) is 12.7 Å². The number of amides is 1. The molecule has 11 heteroatoms. The van der Waals surface area contributed by atoms with Crippen molar-refractivity contribution >= 4 is 23.2 Å². The lowest BCUT2D eigenvalue weighted by Crippen LogP contribution is -2.35. The summed E-state index contributed by atoms with van der Waals surface area (Å²) < 4.78 is 34.3. The molecule has 30 heavy (non-hydrogen) atoms. The summed E-state index contributed by atoms with van der Waals surface area (Å²) in [7, 11) is 4.75. The molecule has 0 aliphatic rings.